The lowest BCUT2D eigenvalue weighted by Gasteiger charge is -2.48. The minimum atomic E-state index is -0.929. The van der Waals surface area contributed by atoms with E-state index in [4.69, 9.17) is 4.74 Å². The molecule has 0 bridgehead atoms. The standard InChI is InChI=1S/C20H24O4/c1-10-6-11-7-12(21)2-3-13(11)14-4-5-16-15(19(10)14)8-17-20(16,23)9-18(22)24-17/h2-3,7,10,14-17,19,21,23H,4-6,8-9H2,1H3. The molecule has 7 unspecified atom stereocenters. The third-order valence-corrected chi connectivity index (χ3v) is 7.38. The molecule has 4 aliphatic rings. The predicted octanol–water partition coefficient (Wildman–Crippen LogP) is 2.76. The van der Waals surface area contributed by atoms with Gasteiger partial charge in [-0.05, 0) is 78.5 Å². The van der Waals surface area contributed by atoms with E-state index < -0.39 is 5.60 Å². The molecule has 3 aliphatic carbocycles. The summed E-state index contributed by atoms with van der Waals surface area (Å²) in [4.78, 5) is 11.7. The first-order chi connectivity index (χ1) is 11.5. The van der Waals surface area contributed by atoms with Crippen molar-refractivity contribution in [2.45, 2.75) is 56.7 Å². The number of carbonyl (C=O) groups is 1. The summed E-state index contributed by atoms with van der Waals surface area (Å²) in [5.41, 5.74) is 1.74. The van der Waals surface area contributed by atoms with Gasteiger partial charge < -0.3 is 14.9 Å². The average Bonchev–Trinajstić information content (AvgIpc) is 2.95. The van der Waals surface area contributed by atoms with E-state index in [1.165, 1.54) is 11.1 Å². The van der Waals surface area contributed by atoms with Crippen LogP contribution in [-0.4, -0.2) is 27.9 Å². The van der Waals surface area contributed by atoms with Crippen LogP contribution in [0.3, 0.4) is 0 Å². The molecule has 1 aromatic carbocycles. The summed E-state index contributed by atoms with van der Waals surface area (Å²) in [6, 6.07) is 5.82. The Labute approximate surface area is 141 Å². The smallest absolute Gasteiger partial charge is 0.309 e. The van der Waals surface area contributed by atoms with Gasteiger partial charge in [-0.25, -0.2) is 0 Å². The molecule has 1 aromatic rings. The SMILES string of the molecule is CC1Cc2cc(O)ccc2C2CCC3C(CC4OC(=O)CC43O)C12. The zero-order chi connectivity index (χ0) is 16.6. The number of aromatic hydroxyl groups is 1. The Morgan fingerprint density at radius 3 is 2.96 bits per heavy atom. The fourth-order valence-corrected chi connectivity index (χ4v) is 6.59. The molecule has 1 heterocycles. The predicted molar refractivity (Wildman–Crippen MR) is 87.5 cm³/mol. The molecule has 1 saturated heterocycles. The fourth-order valence-electron chi connectivity index (χ4n) is 6.59. The molecule has 7 atom stereocenters. The van der Waals surface area contributed by atoms with Gasteiger partial charge in [-0.3, -0.25) is 4.79 Å². The lowest BCUT2D eigenvalue weighted by atomic mass is 9.56. The van der Waals surface area contributed by atoms with E-state index in [1.807, 2.05) is 6.07 Å². The number of aliphatic hydroxyl groups is 1. The van der Waals surface area contributed by atoms with Gasteiger partial charge in [0.2, 0.25) is 0 Å². The van der Waals surface area contributed by atoms with Gasteiger partial charge in [0.25, 0.3) is 0 Å². The summed E-state index contributed by atoms with van der Waals surface area (Å²) >= 11 is 0. The van der Waals surface area contributed by atoms with E-state index in [1.54, 1.807) is 6.07 Å². The van der Waals surface area contributed by atoms with Crippen molar-refractivity contribution in [2.75, 3.05) is 0 Å². The van der Waals surface area contributed by atoms with Crippen LogP contribution in [0.25, 0.3) is 0 Å². The Morgan fingerprint density at radius 1 is 1.29 bits per heavy atom. The van der Waals surface area contributed by atoms with Crippen LogP contribution < -0.4 is 0 Å². The first kappa shape index (κ1) is 14.8. The molecule has 0 aromatic heterocycles. The number of hydrogen-bond donors (Lipinski definition) is 2. The van der Waals surface area contributed by atoms with E-state index in [0.717, 1.165) is 25.7 Å². The molecular formula is C20H24O4. The van der Waals surface area contributed by atoms with E-state index >= 15 is 0 Å². The molecular weight excluding hydrogens is 304 g/mol. The van der Waals surface area contributed by atoms with Crippen molar-refractivity contribution in [1.29, 1.82) is 0 Å². The minimum absolute atomic E-state index is 0.176. The molecule has 0 spiro atoms. The van der Waals surface area contributed by atoms with E-state index in [-0.39, 0.29) is 24.4 Å². The Balaban J connectivity index is 1.52. The Hall–Kier alpha value is -1.55. The molecule has 3 fully saturated rings. The highest BCUT2D eigenvalue weighted by Gasteiger charge is 2.64. The highest BCUT2D eigenvalue weighted by Crippen LogP contribution is 2.61. The zero-order valence-corrected chi connectivity index (χ0v) is 13.9. The second kappa shape index (κ2) is 4.75. The van der Waals surface area contributed by atoms with Crippen molar-refractivity contribution < 1.29 is 19.7 Å². The Morgan fingerprint density at radius 2 is 2.12 bits per heavy atom. The quantitative estimate of drug-likeness (QED) is 0.719. The maximum absolute atomic E-state index is 11.7. The molecule has 0 radical (unpaired) electrons. The van der Waals surface area contributed by atoms with Gasteiger partial charge in [0.05, 0.1) is 6.42 Å². The number of hydrogen-bond acceptors (Lipinski definition) is 4. The summed E-state index contributed by atoms with van der Waals surface area (Å²) in [5, 5.41) is 20.9. The molecule has 2 saturated carbocycles. The van der Waals surface area contributed by atoms with Gasteiger partial charge >= 0.3 is 5.97 Å². The number of benzene rings is 1. The van der Waals surface area contributed by atoms with Crippen LogP contribution in [0, 0.1) is 23.7 Å². The number of phenolic OH excluding ortho intramolecular Hbond substituents is 1. The molecule has 0 amide bonds. The third-order valence-electron chi connectivity index (χ3n) is 7.38. The van der Waals surface area contributed by atoms with Gasteiger partial charge in [0, 0.05) is 0 Å². The van der Waals surface area contributed by atoms with Crippen LogP contribution in [0.5, 0.6) is 5.75 Å². The number of carbonyl (C=O) groups excluding carboxylic acids is 1. The monoisotopic (exact) mass is 328 g/mol. The lowest BCUT2D eigenvalue weighted by Crippen LogP contribution is -2.46. The summed E-state index contributed by atoms with van der Waals surface area (Å²) < 4.78 is 5.46. The third kappa shape index (κ3) is 1.81. The van der Waals surface area contributed by atoms with Gasteiger partial charge in [0.1, 0.15) is 17.5 Å². The van der Waals surface area contributed by atoms with Gasteiger partial charge in [-0.2, -0.15) is 0 Å². The first-order valence-electron chi connectivity index (χ1n) is 9.21. The fraction of sp³-hybridized carbons (Fsp3) is 0.650. The molecule has 1 aliphatic heterocycles. The largest absolute Gasteiger partial charge is 0.508 e. The Kier molecular flexibility index (Phi) is 2.92. The summed E-state index contributed by atoms with van der Waals surface area (Å²) in [5.74, 6) is 2.30. The van der Waals surface area contributed by atoms with Gasteiger partial charge in [-0.15, -0.1) is 0 Å². The van der Waals surface area contributed by atoms with Crippen LogP contribution in [0.15, 0.2) is 18.2 Å². The van der Waals surface area contributed by atoms with Gasteiger partial charge in [0.15, 0.2) is 0 Å². The minimum Gasteiger partial charge on any atom is -0.508 e. The maximum Gasteiger partial charge on any atom is 0.309 e. The zero-order valence-electron chi connectivity index (χ0n) is 13.9. The van der Waals surface area contributed by atoms with Crippen LogP contribution in [0.4, 0.5) is 0 Å². The van der Waals surface area contributed by atoms with Crippen molar-refractivity contribution in [3.63, 3.8) is 0 Å². The number of rotatable bonds is 0. The maximum atomic E-state index is 11.7. The molecule has 5 rings (SSSR count). The summed E-state index contributed by atoms with van der Waals surface area (Å²) in [6.45, 7) is 2.30. The number of fused-ring (bicyclic) bond motifs is 7. The van der Waals surface area contributed by atoms with E-state index in [0.29, 0.717) is 29.4 Å². The van der Waals surface area contributed by atoms with Crippen molar-refractivity contribution >= 4 is 5.97 Å². The number of esters is 1. The first-order valence-corrected chi connectivity index (χ1v) is 9.21. The van der Waals surface area contributed by atoms with Crippen LogP contribution >= 0.6 is 0 Å². The molecule has 4 nitrogen and oxygen atoms in total. The molecule has 2 N–H and O–H groups in total. The lowest BCUT2D eigenvalue weighted by molar-refractivity contribution is -0.142. The van der Waals surface area contributed by atoms with Gasteiger partial charge in [-0.1, -0.05) is 13.0 Å². The number of phenols is 1. The van der Waals surface area contributed by atoms with E-state index in [2.05, 4.69) is 13.0 Å². The summed E-state index contributed by atoms with van der Waals surface area (Å²) in [7, 11) is 0. The highest BCUT2D eigenvalue weighted by molar-refractivity contribution is 5.74. The van der Waals surface area contributed by atoms with Crippen LogP contribution in [0.1, 0.15) is 49.7 Å². The van der Waals surface area contributed by atoms with Crippen LogP contribution in [-0.2, 0) is 16.0 Å². The average molecular weight is 328 g/mol. The second-order valence-electron chi connectivity index (χ2n) is 8.48. The van der Waals surface area contributed by atoms with Crippen molar-refractivity contribution in [3.8, 4) is 5.75 Å². The van der Waals surface area contributed by atoms with Crippen molar-refractivity contribution in [3.05, 3.63) is 29.3 Å². The Bertz CT molecular complexity index is 714. The molecule has 24 heavy (non-hydrogen) atoms. The molecule has 128 valence electrons. The normalized spacial score (nSPS) is 45.8. The van der Waals surface area contributed by atoms with Crippen molar-refractivity contribution in [2.24, 2.45) is 23.7 Å². The van der Waals surface area contributed by atoms with Crippen LogP contribution in [0.2, 0.25) is 0 Å². The second-order valence-corrected chi connectivity index (χ2v) is 8.48. The topological polar surface area (TPSA) is 66.8 Å². The molecule has 4 heteroatoms. The summed E-state index contributed by atoms with van der Waals surface area (Å²) in [6.07, 6.45) is 3.68. The van der Waals surface area contributed by atoms with E-state index in [9.17, 15) is 15.0 Å². The number of ether oxygens (including phenoxy) is 1. The van der Waals surface area contributed by atoms with Crippen molar-refractivity contribution in [1.82, 2.24) is 0 Å². The highest BCUT2D eigenvalue weighted by atomic mass is 16.6.